The van der Waals surface area contributed by atoms with Gasteiger partial charge in [0.05, 0.1) is 16.0 Å². The van der Waals surface area contributed by atoms with Crippen LogP contribution < -0.4 is 4.74 Å². The Bertz CT molecular complexity index is 458. The summed E-state index contributed by atoms with van der Waals surface area (Å²) in [6.07, 6.45) is 3.25. The van der Waals surface area contributed by atoms with Crippen molar-refractivity contribution in [2.45, 2.75) is 31.8 Å². The molecule has 1 aromatic carbocycles. The van der Waals surface area contributed by atoms with Gasteiger partial charge in [-0.2, -0.15) is 0 Å². The minimum absolute atomic E-state index is 0.0681. The molecule has 0 saturated heterocycles. The van der Waals surface area contributed by atoms with Gasteiger partial charge in [0.25, 0.3) is 0 Å². The lowest BCUT2D eigenvalue weighted by atomic mass is 9.88. The highest BCUT2D eigenvalue weighted by Crippen LogP contribution is 2.37. The molecule has 0 spiro atoms. The third-order valence-electron chi connectivity index (χ3n) is 3.48. The number of nitro groups is 1. The highest BCUT2D eigenvalue weighted by Gasteiger charge is 2.26. The van der Waals surface area contributed by atoms with Crippen LogP contribution in [0.3, 0.4) is 0 Å². The molecule has 1 aliphatic rings. The number of hydrogen-bond donors (Lipinski definition) is 1. The summed E-state index contributed by atoms with van der Waals surface area (Å²) in [5.74, 6) is 0.475. The van der Waals surface area contributed by atoms with E-state index in [0.717, 1.165) is 25.7 Å². The lowest BCUT2D eigenvalue weighted by Gasteiger charge is -2.27. The number of aliphatic hydroxyl groups is 1. The normalized spacial score (nSPS) is 23.1. The topological polar surface area (TPSA) is 72.6 Å². The summed E-state index contributed by atoms with van der Waals surface area (Å²) >= 11 is 5.98. The Morgan fingerprint density at radius 2 is 2.05 bits per heavy atom. The van der Waals surface area contributed by atoms with Crippen molar-refractivity contribution in [2.24, 2.45) is 5.92 Å². The minimum Gasteiger partial charge on any atom is -0.482 e. The van der Waals surface area contributed by atoms with E-state index in [1.807, 2.05) is 0 Å². The van der Waals surface area contributed by atoms with Crippen LogP contribution in [0.15, 0.2) is 18.2 Å². The number of aliphatic hydroxyl groups excluding tert-OH is 1. The molecule has 0 unspecified atom stereocenters. The fourth-order valence-corrected chi connectivity index (χ4v) is 2.57. The molecule has 6 heteroatoms. The molecular weight excluding hydrogens is 270 g/mol. The molecule has 1 aromatic rings. The first-order valence-corrected chi connectivity index (χ1v) is 6.70. The Kier molecular flexibility index (Phi) is 4.61. The predicted octanol–water partition coefficient (Wildman–Crippen LogP) is 3.18. The maximum Gasteiger partial charge on any atom is 0.312 e. The quantitative estimate of drug-likeness (QED) is 0.681. The molecule has 0 radical (unpaired) electrons. The highest BCUT2D eigenvalue weighted by atomic mass is 35.5. The number of benzene rings is 1. The third kappa shape index (κ3) is 3.36. The monoisotopic (exact) mass is 285 g/mol. The molecule has 0 amide bonds. The molecule has 0 aromatic heterocycles. The summed E-state index contributed by atoms with van der Waals surface area (Å²) in [5.41, 5.74) is -0.100. The van der Waals surface area contributed by atoms with E-state index in [1.165, 1.54) is 12.1 Å². The Labute approximate surface area is 116 Å². The number of nitro benzene ring substituents is 1. The van der Waals surface area contributed by atoms with E-state index >= 15 is 0 Å². The van der Waals surface area contributed by atoms with Gasteiger partial charge < -0.3 is 9.84 Å². The van der Waals surface area contributed by atoms with Crippen LogP contribution in [0.4, 0.5) is 5.69 Å². The van der Waals surface area contributed by atoms with E-state index in [-0.39, 0.29) is 29.2 Å². The second kappa shape index (κ2) is 6.21. The van der Waals surface area contributed by atoms with E-state index in [4.69, 9.17) is 21.4 Å². The van der Waals surface area contributed by atoms with Gasteiger partial charge in [0.1, 0.15) is 0 Å². The summed E-state index contributed by atoms with van der Waals surface area (Å²) in [5, 5.41) is 20.3. The molecule has 0 bridgehead atoms. The highest BCUT2D eigenvalue weighted by molar-refractivity contribution is 6.32. The van der Waals surface area contributed by atoms with Crippen molar-refractivity contribution in [3.8, 4) is 5.75 Å². The average molecular weight is 286 g/mol. The van der Waals surface area contributed by atoms with Gasteiger partial charge in [-0.25, -0.2) is 0 Å². The third-order valence-corrected chi connectivity index (χ3v) is 3.78. The second-order valence-electron chi connectivity index (χ2n) is 4.79. The lowest BCUT2D eigenvalue weighted by molar-refractivity contribution is -0.386. The molecule has 5 nitrogen and oxygen atoms in total. The summed E-state index contributed by atoms with van der Waals surface area (Å²) < 4.78 is 5.72. The van der Waals surface area contributed by atoms with Gasteiger partial charge in [0.2, 0.25) is 5.75 Å². The zero-order valence-electron chi connectivity index (χ0n) is 10.4. The first-order chi connectivity index (χ1) is 9.11. The van der Waals surface area contributed by atoms with Crippen molar-refractivity contribution in [1.82, 2.24) is 0 Å². The van der Waals surface area contributed by atoms with E-state index in [0.29, 0.717) is 5.92 Å². The second-order valence-corrected chi connectivity index (χ2v) is 5.20. The van der Waals surface area contributed by atoms with Gasteiger partial charge in [-0.15, -0.1) is 0 Å². The van der Waals surface area contributed by atoms with E-state index < -0.39 is 4.92 Å². The van der Waals surface area contributed by atoms with Crippen molar-refractivity contribution < 1.29 is 14.8 Å². The van der Waals surface area contributed by atoms with Crippen LogP contribution in [0.2, 0.25) is 5.02 Å². The van der Waals surface area contributed by atoms with Gasteiger partial charge in [0.15, 0.2) is 0 Å². The first kappa shape index (κ1) is 14.1. The molecule has 1 aliphatic carbocycles. The Balaban J connectivity index is 2.09. The van der Waals surface area contributed by atoms with Crippen LogP contribution in [-0.2, 0) is 0 Å². The number of hydrogen-bond acceptors (Lipinski definition) is 4. The van der Waals surface area contributed by atoms with Crippen LogP contribution in [0.1, 0.15) is 25.7 Å². The van der Waals surface area contributed by atoms with E-state index in [2.05, 4.69) is 0 Å². The van der Waals surface area contributed by atoms with Crippen molar-refractivity contribution in [3.05, 3.63) is 33.3 Å². The molecule has 0 aliphatic heterocycles. The largest absolute Gasteiger partial charge is 0.482 e. The van der Waals surface area contributed by atoms with Crippen LogP contribution >= 0.6 is 11.6 Å². The first-order valence-electron chi connectivity index (χ1n) is 6.32. The lowest BCUT2D eigenvalue weighted by Crippen LogP contribution is -2.25. The molecule has 1 N–H and O–H groups in total. The van der Waals surface area contributed by atoms with Crippen molar-refractivity contribution in [3.63, 3.8) is 0 Å². The molecule has 104 valence electrons. The number of halogens is 1. The zero-order chi connectivity index (χ0) is 13.8. The molecule has 19 heavy (non-hydrogen) atoms. The smallest absolute Gasteiger partial charge is 0.312 e. The number of rotatable bonds is 4. The molecular formula is C13H16ClNO4. The fourth-order valence-electron chi connectivity index (χ4n) is 2.36. The summed E-state index contributed by atoms with van der Waals surface area (Å²) in [6, 6.07) is 4.51. The number of ether oxygens (including phenoxy) is 1. The Morgan fingerprint density at radius 1 is 1.37 bits per heavy atom. The Morgan fingerprint density at radius 3 is 2.63 bits per heavy atom. The van der Waals surface area contributed by atoms with Crippen molar-refractivity contribution in [2.75, 3.05) is 6.61 Å². The maximum absolute atomic E-state index is 10.9. The number of nitrogens with zero attached hydrogens (tertiary/aromatic N) is 1. The molecule has 1 fully saturated rings. The fraction of sp³-hybridized carbons (Fsp3) is 0.538. The van der Waals surface area contributed by atoms with Crippen LogP contribution in [0.25, 0.3) is 0 Å². The van der Waals surface area contributed by atoms with Gasteiger partial charge in [0, 0.05) is 12.7 Å². The van der Waals surface area contributed by atoms with Gasteiger partial charge in [-0.05, 0) is 37.7 Å². The standard InChI is InChI=1S/C13H16ClNO4/c14-11-2-1-3-12(15(17)18)13(11)19-10-6-4-9(8-16)5-7-10/h1-3,9-10,16H,4-8H2. The Hall–Kier alpha value is -1.33. The number of para-hydroxylation sites is 1. The van der Waals surface area contributed by atoms with Crippen LogP contribution in [-0.4, -0.2) is 22.7 Å². The molecule has 1 saturated carbocycles. The molecule has 2 rings (SSSR count). The summed E-state index contributed by atoms with van der Waals surface area (Å²) in [7, 11) is 0. The van der Waals surface area contributed by atoms with Gasteiger partial charge in [-0.3, -0.25) is 10.1 Å². The van der Waals surface area contributed by atoms with Crippen molar-refractivity contribution >= 4 is 17.3 Å². The van der Waals surface area contributed by atoms with E-state index in [9.17, 15) is 10.1 Å². The summed E-state index contributed by atoms with van der Waals surface area (Å²) in [6.45, 7) is 0.193. The SMILES string of the molecule is O=[N+]([O-])c1cccc(Cl)c1OC1CCC(CO)CC1. The molecule has 0 heterocycles. The summed E-state index contributed by atoms with van der Waals surface area (Å²) in [4.78, 5) is 10.5. The maximum atomic E-state index is 10.9. The molecule has 0 atom stereocenters. The predicted molar refractivity (Wildman–Crippen MR) is 71.6 cm³/mol. The van der Waals surface area contributed by atoms with Gasteiger partial charge >= 0.3 is 5.69 Å². The van der Waals surface area contributed by atoms with Crippen LogP contribution in [0.5, 0.6) is 5.75 Å². The van der Waals surface area contributed by atoms with Crippen molar-refractivity contribution in [1.29, 1.82) is 0 Å². The zero-order valence-corrected chi connectivity index (χ0v) is 11.2. The average Bonchev–Trinajstić information content (AvgIpc) is 2.41. The van der Waals surface area contributed by atoms with Crippen LogP contribution in [0, 0.1) is 16.0 Å². The minimum atomic E-state index is -0.486. The van der Waals surface area contributed by atoms with Gasteiger partial charge in [-0.1, -0.05) is 17.7 Å². The van der Waals surface area contributed by atoms with E-state index in [1.54, 1.807) is 6.07 Å².